The van der Waals surface area contributed by atoms with E-state index in [4.69, 9.17) is 9.84 Å². The molecule has 21 heavy (non-hydrogen) atoms. The van der Waals surface area contributed by atoms with E-state index in [1.165, 1.54) is 0 Å². The van der Waals surface area contributed by atoms with Crippen molar-refractivity contribution in [2.75, 3.05) is 0 Å². The highest BCUT2D eigenvalue weighted by Gasteiger charge is 2.17. The molecule has 4 heteroatoms. The van der Waals surface area contributed by atoms with Crippen LogP contribution in [-0.2, 0) is 6.42 Å². The maximum absolute atomic E-state index is 10.9. The van der Waals surface area contributed by atoms with Gasteiger partial charge in [0.05, 0.1) is 0 Å². The lowest BCUT2D eigenvalue weighted by Gasteiger charge is -2.17. The molecule has 0 aliphatic carbocycles. The van der Waals surface area contributed by atoms with Gasteiger partial charge in [-0.2, -0.15) is 0 Å². The predicted molar refractivity (Wildman–Crippen MR) is 80.9 cm³/mol. The summed E-state index contributed by atoms with van der Waals surface area (Å²) in [6.45, 7) is 3.95. The minimum atomic E-state index is -1.33. The Morgan fingerprint density at radius 1 is 1.19 bits per heavy atom. The number of aryl methyl sites for hydroxylation is 1. The zero-order chi connectivity index (χ0) is 15.4. The molecule has 2 rings (SSSR count). The molecule has 0 saturated heterocycles. The zero-order valence-corrected chi connectivity index (χ0v) is 12.1. The third kappa shape index (κ3) is 3.16. The van der Waals surface area contributed by atoms with Crippen molar-refractivity contribution in [3.05, 3.63) is 47.5 Å². The van der Waals surface area contributed by atoms with Crippen LogP contribution in [0, 0.1) is 6.92 Å². The van der Waals surface area contributed by atoms with Gasteiger partial charge in [0.2, 0.25) is 0 Å². The van der Waals surface area contributed by atoms with Gasteiger partial charge in [0.25, 0.3) is 0 Å². The van der Waals surface area contributed by atoms with Crippen molar-refractivity contribution in [3.8, 4) is 22.6 Å². The van der Waals surface area contributed by atoms with Crippen LogP contribution >= 0.6 is 0 Å². The van der Waals surface area contributed by atoms with Crippen LogP contribution in [0.3, 0.4) is 0 Å². The molecule has 0 aliphatic heterocycles. The van der Waals surface area contributed by atoms with Crippen LogP contribution < -0.4 is 4.74 Å². The molecule has 0 amide bonds. The average Bonchev–Trinajstić information content (AvgIpc) is 2.43. The Balaban J connectivity index is 2.68. The minimum absolute atomic E-state index is 0.172. The third-order valence-electron chi connectivity index (χ3n) is 3.35. The second-order valence-corrected chi connectivity index (χ2v) is 4.87. The molecule has 0 aromatic heterocycles. The van der Waals surface area contributed by atoms with E-state index in [0.29, 0.717) is 17.7 Å². The number of hydrogen-bond acceptors (Lipinski definition) is 3. The van der Waals surface area contributed by atoms with Crippen molar-refractivity contribution in [2.45, 2.75) is 26.7 Å². The molecule has 4 nitrogen and oxygen atoms in total. The van der Waals surface area contributed by atoms with Crippen molar-refractivity contribution >= 4 is 6.16 Å². The molecule has 0 saturated carbocycles. The molecule has 2 N–H and O–H groups in total. The molecular formula is C17H18O4. The number of carbonyl (C=O) groups is 1. The van der Waals surface area contributed by atoms with Crippen molar-refractivity contribution < 1.29 is 19.7 Å². The van der Waals surface area contributed by atoms with Gasteiger partial charge in [0.1, 0.15) is 11.5 Å². The van der Waals surface area contributed by atoms with Crippen molar-refractivity contribution in [1.29, 1.82) is 0 Å². The van der Waals surface area contributed by atoms with Crippen molar-refractivity contribution in [3.63, 3.8) is 0 Å². The number of phenolic OH excluding ortho intramolecular Hbond substituents is 1. The molecule has 0 radical (unpaired) electrons. The number of phenols is 1. The normalized spacial score (nSPS) is 10.4. The first-order chi connectivity index (χ1) is 10.0. The average molecular weight is 286 g/mol. The molecular weight excluding hydrogens is 268 g/mol. The van der Waals surface area contributed by atoms with E-state index in [-0.39, 0.29) is 5.75 Å². The number of benzene rings is 2. The van der Waals surface area contributed by atoms with Gasteiger partial charge in [0.15, 0.2) is 0 Å². The number of aromatic hydroxyl groups is 1. The molecule has 0 atom stereocenters. The summed E-state index contributed by atoms with van der Waals surface area (Å²) in [6.07, 6.45) is 0.188. The van der Waals surface area contributed by atoms with Crippen LogP contribution in [0.1, 0.15) is 24.5 Å². The quantitative estimate of drug-likeness (QED) is 0.646. The molecule has 0 unspecified atom stereocenters. The first-order valence-electron chi connectivity index (χ1n) is 6.86. The van der Waals surface area contributed by atoms with Crippen molar-refractivity contribution in [1.82, 2.24) is 0 Å². The van der Waals surface area contributed by atoms with E-state index >= 15 is 0 Å². The van der Waals surface area contributed by atoms with Crippen LogP contribution in [-0.4, -0.2) is 16.4 Å². The van der Waals surface area contributed by atoms with Gasteiger partial charge in [-0.1, -0.05) is 37.6 Å². The lowest BCUT2D eigenvalue weighted by molar-refractivity contribution is 0.144. The van der Waals surface area contributed by atoms with Crippen LogP contribution in [0.5, 0.6) is 11.5 Å². The second-order valence-electron chi connectivity index (χ2n) is 4.87. The second kappa shape index (κ2) is 6.31. The number of rotatable bonds is 4. The predicted octanol–water partition coefficient (Wildman–Crippen LogP) is 4.38. The fraction of sp³-hybridized carbons (Fsp3) is 0.235. The Hall–Kier alpha value is -2.49. The molecule has 2 aromatic carbocycles. The first-order valence-corrected chi connectivity index (χ1v) is 6.86. The number of carboxylic acid groups (broad SMARTS) is 1. The minimum Gasteiger partial charge on any atom is -0.507 e. The smallest absolute Gasteiger partial charge is 0.507 e. The summed E-state index contributed by atoms with van der Waals surface area (Å²) in [7, 11) is 0. The van der Waals surface area contributed by atoms with Gasteiger partial charge < -0.3 is 14.9 Å². The lowest BCUT2D eigenvalue weighted by atomic mass is 9.91. The Bertz CT molecular complexity index is 662. The fourth-order valence-electron chi connectivity index (χ4n) is 2.49. The number of para-hydroxylation sites is 1. The van der Waals surface area contributed by atoms with E-state index < -0.39 is 6.16 Å². The number of ether oxygens (including phenoxy) is 1. The summed E-state index contributed by atoms with van der Waals surface area (Å²) in [6, 6.07) is 10.5. The molecule has 2 aromatic rings. The van der Waals surface area contributed by atoms with Gasteiger partial charge in [-0.25, -0.2) is 4.79 Å². The van der Waals surface area contributed by atoms with Crippen LogP contribution in [0.15, 0.2) is 36.4 Å². The van der Waals surface area contributed by atoms with Gasteiger partial charge >= 0.3 is 6.16 Å². The number of hydrogen-bond donors (Lipinski definition) is 2. The van der Waals surface area contributed by atoms with Gasteiger partial charge in [-0.05, 0) is 36.6 Å². The molecule has 0 aliphatic rings. The highest BCUT2D eigenvalue weighted by Crippen LogP contribution is 2.38. The summed E-state index contributed by atoms with van der Waals surface area (Å²) in [4.78, 5) is 10.9. The highest BCUT2D eigenvalue weighted by molar-refractivity contribution is 5.79. The van der Waals surface area contributed by atoms with E-state index in [1.807, 2.05) is 26.0 Å². The standard InChI is InChI=1S/C17H18O4/c1-3-6-13-15(21-17(19)20)10-9-11(2)16(13)12-7-4-5-8-14(12)18/h4-5,7-10,18H,3,6H2,1-2H3,(H,19,20). The summed E-state index contributed by atoms with van der Waals surface area (Å²) in [5, 5.41) is 19.0. The maximum Gasteiger partial charge on any atom is 0.511 e. The van der Waals surface area contributed by atoms with E-state index in [0.717, 1.165) is 23.1 Å². The maximum atomic E-state index is 10.9. The van der Waals surface area contributed by atoms with E-state index in [9.17, 15) is 9.90 Å². The summed E-state index contributed by atoms with van der Waals surface area (Å²) < 4.78 is 4.89. The van der Waals surface area contributed by atoms with Gasteiger partial charge in [-0.3, -0.25) is 0 Å². The molecule has 0 spiro atoms. The third-order valence-corrected chi connectivity index (χ3v) is 3.35. The largest absolute Gasteiger partial charge is 0.511 e. The highest BCUT2D eigenvalue weighted by atomic mass is 16.7. The Morgan fingerprint density at radius 3 is 2.52 bits per heavy atom. The van der Waals surface area contributed by atoms with Crippen LogP contribution in [0.2, 0.25) is 0 Å². The van der Waals surface area contributed by atoms with E-state index in [1.54, 1.807) is 24.3 Å². The topological polar surface area (TPSA) is 66.8 Å². The van der Waals surface area contributed by atoms with E-state index in [2.05, 4.69) is 0 Å². The zero-order valence-electron chi connectivity index (χ0n) is 12.1. The monoisotopic (exact) mass is 286 g/mol. The SMILES string of the molecule is CCCc1c(OC(=O)O)ccc(C)c1-c1ccccc1O. The molecule has 0 fully saturated rings. The van der Waals surface area contributed by atoms with Gasteiger partial charge in [-0.15, -0.1) is 0 Å². The Morgan fingerprint density at radius 2 is 1.90 bits per heavy atom. The Kier molecular flexibility index (Phi) is 4.48. The fourth-order valence-corrected chi connectivity index (χ4v) is 2.49. The first kappa shape index (κ1) is 14.9. The molecule has 110 valence electrons. The molecule has 0 bridgehead atoms. The lowest BCUT2D eigenvalue weighted by Crippen LogP contribution is -2.07. The van der Waals surface area contributed by atoms with Crippen LogP contribution in [0.25, 0.3) is 11.1 Å². The van der Waals surface area contributed by atoms with Gasteiger partial charge in [0, 0.05) is 11.1 Å². The summed E-state index contributed by atoms with van der Waals surface area (Å²) in [5.41, 5.74) is 3.31. The van der Waals surface area contributed by atoms with Crippen LogP contribution in [0.4, 0.5) is 4.79 Å². The molecule has 0 heterocycles. The van der Waals surface area contributed by atoms with Crippen molar-refractivity contribution in [2.24, 2.45) is 0 Å². The Labute approximate surface area is 123 Å². The summed E-state index contributed by atoms with van der Waals surface area (Å²) >= 11 is 0. The summed E-state index contributed by atoms with van der Waals surface area (Å²) in [5.74, 6) is 0.499.